The van der Waals surface area contributed by atoms with Crippen molar-refractivity contribution in [2.45, 2.75) is 52.4 Å². The second-order valence-electron chi connectivity index (χ2n) is 5.00. The van der Waals surface area contributed by atoms with Crippen LogP contribution < -0.4 is 0 Å². The average Bonchev–Trinajstić information content (AvgIpc) is 2.25. The molecular weight excluding hydrogens is 212 g/mol. The van der Waals surface area contributed by atoms with Crippen molar-refractivity contribution < 1.29 is 10.2 Å². The lowest BCUT2D eigenvalue weighted by Crippen LogP contribution is -1.97. The first-order valence-electron chi connectivity index (χ1n) is 6.63. The molecule has 1 unspecified atom stereocenters. The highest BCUT2D eigenvalue weighted by molar-refractivity contribution is 5.36. The highest BCUT2D eigenvalue weighted by Crippen LogP contribution is 2.23. The third-order valence-electron chi connectivity index (χ3n) is 3.19. The van der Waals surface area contributed by atoms with Gasteiger partial charge in [-0.3, -0.25) is 0 Å². The van der Waals surface area contributed by atoms with Crippen LogP contribution in [0, 0.1) is 5.92 Å². The molecule has 1 atom stereocenters. The Hall–Kier alpha value is -1.18. The quantitative estimate of drug-likeness (QED) is 0.695. The van der Waals surface area contributed by atoms with Gasteiger partial charge in [-0.1, -0.05) is 39.5 Å². The summed E-state index contributed by atoms with van der Waals surface area (Å²) < 4.78 is 0. The van der Waals surface area contributed by atoms with Crippen molar-refractivity contribution in [3.8, 4) is 11.5 Å². The van der Waals surface area contributed by atoms with Crippen LogP contribution in [-0.2, 0) is 6.42 Å². The smallest absolute Gasteiger partial charge is 0.119 e. The topological polar surface area (TPSA) is 40.5 Å². The van der Waals surface area contributed by atoms with Gasteiger partial charge in [0.25, 0.3) is 0 Å². The molecule has 0 aliphatic rings. The maximum Gasteiger partial charge on any atom is 0.119 e. The van der Waals surface area contributed by atoms with Crippen molar-refractivity contribution in [3.63, 3.8) is 0 Å². The summed E-state index contributed by atoms with van der Waals surface area (Å²) in [6, 6.07) is 4.84. The minimum atomic E-state index is 0.152. The van der Waals surface area contributed by atoms with Gasteiger partial charge in [0.1, 0.15) is 11.5 Å². The molecule has 2 N–H and O–H groups in total. The second-order valence-corrected chi connectivity index (χ2v) is 5.00. The molecule has 17 heavy (non-hydrogen) atoms. The maximum absolute atomic E-state index is 9.37. The summed E-state index contributed by atoms with van der Waals surface area (Å²) in [5, 5.41) is 18.7. The molecular formula is C15H24O2. The van der Waals surface area contributed by atoms with Crippen molar-refractivity contribution in [1.82, 2.24) is 0 Å². The van der Waals surface area contributed by atoms with Crippen molar-refractivity contribution >= 4 is 0 Å². The maximum atomic E-state index is 9.37. The van der Waals surface area contributed by atoms with Gasteiger partial charge < -0.3 is 10.2 Å². The zero-order chi connectivity index (χ0) is 12.7. The van der Waals surface area contributed by atoms with Crippen LogP contribution in [0.3, 0.4) is 0 Å². The first-order chi connectivity index (χ1) is 8.11. The molecule has 0 fully saturated rings. The van der Waals surface area contributed by atoms with E-state index in [2.05, 4.69) is 13.8 Å². The monoisotopic (exact) mass is 236 g/mol. The highest BCUT2D eigenvalue weighted by Gasteiger charge is 2.04. The Balaban J connectivity index is 2.34. The molecule has 0 saturated carbocycles. The van der Waals surface area contributed by atoms with E-state index in [1.165, 1.54) is 31.7 Å². The molecule has 2 heteroatoms. The van der Waals surface area contributed by atoms with E-state index < -0.39 is 0 Å². The van der Waals surface area contributed by atoms with Crippen molar-refractivity contribution in [3.05, 3.63) is 23.8 Å². The van der Waals surface area contributed by atoms with E-state index >= 15 is 0 Å². The molecule has 1 aromatic carbocycles. The summed E-state index contributed by atoms with van der Waals surface area (Å²) in [7, 11) is 0. The number of phenolic OH excluding ortho intramolecular Hbond substituents is 2. The molecule has 0 aliphatic heterocycles. The second kappa shape index (κ2) is 7.21. The lowest BCUT2D eigenvalue weighted by atomic mass is 9.95. The lowest BCUT2D eigenvalue weighted by Gasteiger charge is -2.11. The van der Waals surface area contributed by atoms with Gasteiger partial charge in [0.2, 0.25) is 0 Å². The third kappa shape index (κ3) is 5.62. The molecule has 96 valence electrons. The Bertz CT molecular complexity index is 313. The van der Waals surface area contributed by atoms with Crippen LogP contribution in [0.5, 0.6) is 11.5 Å². The Morgan fingerprint density at radius 1 is 1.00 bits per heavy atom. The van der Waals surface area contributed by atoms with E-state index in [1.807, 2.05) is 0 Å². The summed E-state index contributed by atoms with van der Waals surface area (Å²) in [5.74, 6) is 1.02. The average molecular weight is 236 g/mol. The SMILES string of the molecule is CCCCCC(C)CCc1cc(O)cc(O)c1. The summed E-state index contributed by atoms with van der Waals surface area (Å²) >= 11 is 0. The number of benzene rings is 1. The number of hydrogen-bond acceptors (Lipinski definition) is 2. The summed E-state index contributed by atoms with van der Waals surface area (Å²) in [5.41, 5.74) is 1.02. The molecule has 0 aliphatic carbocycles. The Morgan fingerprint density at radius 3 is 2.24 bits per heavy atom. The first kappa shape index (κ1) is 13.9. The number of phenols is 2. The third-order valence-corrected chi connectivity index (χ3v) is 3.19. The van der Waals surface area contributed by atoms with E-state index in [-0.39, 0.29) is 11.5 Å². The molecule has 0 radical (unpaired) electrons. The Morgan fingerprint density at radius 2 is 1.65 bits per heavy atom. The van der Waals surface area contributed by atoms with Gasteiger partial charge in [-0.15, -0.1) is 0 Å². The van der Waals surface area contributed by atoms with Crippen LogP contribution in [0.15, 0.2) is 18.2 Å². The molecule has 0 aromatic heterocycles. The van der Waals surface area contributed by atoms with Crippen LogP contribution in [0.2, 0.25) is 0 Å². The van der Waals surface area contributed by atoms with Crippen LogP contribution in [0.1, 0.15) is 51.5 Å². The Kier molecular flexibility index (Phi) is 5.88. The highest BCUT2D eigenvalue weighted by atomic mass is 16.3. The van der Waals surface area contributed by atoms with Crippen LogP contribution >= 0.6 is 0 Å². The van der Waals surface area contributed by atoms with Gasteiger partial charge in [-0.25, -0.2) is 0 Å². The fourth-order valence-electron chi connectivity index (χ4n) is 2.10. The van der Waals surface area contributed by atoms with Gasteiger partial charge in [-0.05, 0) is 36.5 Å². The van der Waals surface area contributed by atoms with E-state index in [9.17, 15) is 10.2 Å². The molecule has 0 saturated heterocycles. The van der Waals surface area contributed by atoms with E-state index in [1.54, 1.807) is 12.1 Å². The normalized spacial score (nSPS) is 12.6. The van der Waals surface area contributed by atoms with Crippen LogP contribution in [-0.4, -0.2) is 10.2 Å². The van der Waals surface area contributed by atoms with Crippen molar-refractivity contribution in [2.24, 2.45) is 5.92 Å². The number of hydrogen-bond donors (Lipinski definition) is 2. The van der Waals surface area contributed by atoms with Gasteiger partial charge in [0.05, 0.1) is 0 Å². The van der Waals surface area contributed by atoms with Gasteiger partial charge >= 0.3 is 0 Å². The number of aryl methyl sites for hydroxylation is 1. The standard InChI is InChI=1S/C15H24O2/c1-3-4-5-6-12(2)7-8-13-9-14(16)11-15(17)10-13/h9-12,16-17H,3-8H2,1-2H3. The molecule has 0 heterocycles. The summed E-state index contributed by atoms with van der Waals surface area (Å²) in [4.78, 5) is 0. The van der Waals surface area contributed by atoms with Gasteiger partial charge in [0.15, 0.2) is 0 Å². The predicted octanol–water partition coefficient (Wildman–Crippen LogP) is 4.25. The summed E-state index contributed by atoms with van der Waals surface area (Å²) in [6.07, 6.45) is 7.22. The van der Waals surface area contributed by atoms with Crippen molar-refractivity contribution in [2.75, 3.05) is 0 Å². The fourth-order valence-corrected chi connectivity index (χ4v) is 2.10. The largest absolute Gasteiger partial charge is 0.508 e. The molecule has 0 amide bonds. The van der Waals surface area contributed by atoms with E-state index in [0.717, 1.165) is 18.4 Å². The molecule has 0 spiro atoms. The predicted molar refractivity (Wildman–Crippen MR) is 71.4 cm³/mol. The minimum Gasteiger partial charge on any atom is -0.508 e. The van der Waals surface area contributed by atoms with E-state index in [4.69, 9.17) is 0 Å². The molecule has 1 aromatic rings. The number of rotatable bonds is 7. The Labute approximate surface area is 104 Å². The minimum absolute atomic E-state index is 0.152. The zero-order valence-electron chi connectivity index (χ0n) is 10.9. The van der Waals surface area contributed by atoms with Crippen LogP contribution in [0.4, 0.5) is 0 Å². The van der Waals surface area contributed by atoms with Crippen molar-refractivity contribution in [1.29, 1.82) is 0 Å². The number of aromatic hydroxyl groups is 2. The zero-order valence-corrected chi connectivity index (χ0v) is 10.9. The molecule has 1 rings (SSSR count). The van der Waals surface area contributed by atoms with Gasteiger partial charge in [0, 0.05) is 6.07 Å². The number of unbranched alkanes of at least 4 members (excludes halogenated alkanes) is 2. The van der Waals surface area contributed by atoms with Crippen LogP contribution in [0.25, 0.3) is 0 Å². The first-order valence-corrected chi connectivity index (χ1v) is 6.63. The van der Waals surface area contributed by atoms with E-state index in [0.29, 0.717) is 5.92 Å². The molecule has 0 bridgehead atoms. The fraction of sp³-hybridized carbons (Fsp3) is 0.600. The summed E-state index contributed by atoms with van der Waals surface area (Å²) in [6.45, 7) is 4.50. The lowest BCUT2D eigenvalue weighted by molar-refractivity contribution is 0.444. The molecule has 2 nitrogen and oxygen atoms in total. The van der Waals surface area contributed by atoms with Gasteiger partial charge in [-0.2, -0.15) is 0 Å².